The third-order valence-corrected chi connectivity index (χ3v) is 5.60. The highest BCUT2D eigenvalue weighted by molar-refractivity contribution is 6.03. The highest BCUT2D eigenvalue weighted by Crippen LogP contribution is 2.29. The lowest BCUT2D eigenvalue weighted by atomic mass is 10.0. The summed E-state index contributed by atoms with van der Waals surface area (Å²) in [6, 6.07) is 27.5. The van der Waals surface area contributed by atoms with E-state index in [-0.39, 0.29) is 12.0 Å². The van der Waals surface area contributed by atoms with Crippen molar-refractivity contribution in [2.24, 2.45) is 11.7 Å². The van der Waals surface area contributed by atoms with E-state index in [0.717, 1.165) is 28.1 Å². The number of carbonyl (C=O) groups is 1. The van der Waals surface area contributed by atoms with E-state index in [0.29, 0.717) is 30.5 Å². The molecule has 0 aliphatic heterocycles. The van der Waals surface area contributed by atoms with E-state index in [1.165, 1.54) is 0 Å². The van der Waals surface area contributed by atoms with E-state index < -0.39 is 0 Å². The number of nitrogens with two attached hydrogens (primary N) is 1. The number of hydrogen-bond acceptors (Lipinski definition) is 4. The molecule has 0 bridgehead atoms. The van der Waals surface area contributed by atoms with Crippen molar-refractivity contribution in [3.8, 4) is 5.69 Å². The summed E-state index contributed by atoms with van der Waals surface area (Å²) in [5.74, 6) is 0.172. The summed E-state index contributed by atoms with van der Waals surface area (Å²) in [7, 11) is 0. The number of benzene rings is 3. The lowest BCUT2D eigenvalue weighted by Crippen LogP contribution is -2.17. The lowest BCUT2D eigenvalue weighted by molar-refractivity contribution is 0.0602. The molecule has 0 saturated carbocycles. The van der Waals surface area contributed by atoms with Crippen molar-refractivity contribution in [3.05, 3.63) is 113 Å². The molecule has 4 rings (SSSR count). The van der Waals surface area contributed by atoms with Crippen LogP contribution in [0, 0.1) is 12.8 Å². The van der Waals surface area contributed by atoms with Crippen LogP contribution in [-0.2, 0) is 11.3 Å². The van der Waals surface area contributed by atoms with Gasteiger partial charge in [0.25, 0.3) is 5.91 Å². The summed E-state index contributed by atoms with van der Waals surface area (Å²) in [5, 5.41) is 7.58. The zero-order valence-corrected chi connectivity index (χ0v) is 20.4. The zero-order chi connectivity index (χ0) is 24.8. The van der Waals surface area contributed by atoms with Crippen LogP contribution in [0.2, 0.25) is 0 Å². The third kappa shape index (κ3) is 6.04. The third-order valence-electron chi connectivity index (χ3n) is 5.60. The Morgan fingerprint density at radius 3 is 2.46 bits per heavy atom. The number of carbonyl (C=O) groups excluding carboxylic acids is 1. The Morgan fingerprint density at radius 1 is 0.971 bits per heavy atom. The van der Waals surface area contributed by atoms with Gasteiger partial charge in [-0.1, -0.05) is 68.4 Å². The fraction of sp³-hybridized carbons (Fsp3) is 0.241. The molecule has 0 radical (unpaired) electrons. The molecular weight excluding hydrogens is 436 g/mol. The van der Waals surface area contributed by atoms with E-state index in [4.69, 9.17) is 10.5 Å². The van der Waals surface area contributed by atoms with Crippen molar-refractivity contribution in [2.75, 3.05) is 11.9 Å². The second kappa shape index (κ2) is 11.1. The van der Waals surface area contributed by atoms with Gasteiger partial charge in [0.2, 0.25) is 0 Å². The fourth-order valence-corrected chi connectivity index (χ4v) is 3.95. The van der Waals surface area contributed by atoms with Crippen molar-refractivity contribution in [3.63, 3.8) is 0 Å². The molecule has 6 heteroatoms. The van der Waals surface area contributed by atoms with Crippen molar-refractivity contribution in [2.45, 2.75) is 33.4 Å². The predicted molar refractivity (Wildman–Crippen MR) is 140 cm³/mol. The summed E-state index contributed by atoms with van der Waals surface area (Å²) in [6.45, 7) is 7.19. The van der Waals surface area contributed by atoms with Crippen LogP contribution in [0.15, 0.2) is 84.9 Å². The number of nitrogens with zero attached hydrogens (tertiary/aromatic N) is 2. The normalized spacial score (nSPS) is 12.0. The van der Waals surface area contributed by atoms with Crippen LogP contribution in [0.4, 0.5) is 5.69 Å². The SMILES string of the molecule is Cc1cc(C(=O)Nc2cccc(C(OCC(C)C)c3ccccc3)c2)n(-c2cccc(CN)c2)n1. The molecule has 35 heavy (non-hydrogen) atoms. The summed E-state index contributed by atoms with van der Waals surface area (Å²) in [6.07, 6.45) is -0.220. The first kappa shape index (κ1) is 24.4. The van der Waals surface area contributed by atoms with E-state index >= 15 is 0 Å². The van der Waals surface area contributed by atoms with Gasteiger partial charge in [-0.05, 0) is 59.9 Å². The standard InChI is InChI=1S/C29H32N4O2/c1-20(2)19-35-28(23-10-5-4-6-11-23)24-12-8-13-25(17-24)31-29(34)27-15-21(3)32-33(27)26-14-7-9-22(16-26)18-30/h4-17,20,28H,18-19,30H2,1-3H3,(H,31,34). The highest BCUT2D eigenvalue weighted by atomic mass is 16.5. The molecule has 0 fully saturated rings. The minimum absolute atomic E-state index is 0.220. The van der Waals surface area contributed by atoms with E-state index in [9.17, 15) is 4.79 Å². The van der Waals surface area contributed by atoms with E-state index in [1.54, 1.807) is 10.7 Å². The van der Waals surface area contributed by atoms with Gasteiger partial charge in [0.1, 0.15) is 11.8 Å². The molecule has 1 amide bonds. The number of amides is 1. The van der Waals surface area contributed by atoms with Crippen LogP contribution in [-0.4, -0.2) is 22.3 Å². The second-order valence-corrected chi connectivity index (χ2v) is 9.05. The molecule has 180 valence electrons. The zero-order valence-electron chi connectivity index (χ0n) is 20.4. The number of aromatic nitrogens is 2. The summed E-state index contributed by atoms with van der Waals surface area (Å²) < 4.78 is 7.94. The van der Waals surface area contributed by atoms with Crippen LogP contribution < -0.4 is 11.1 Å². The molecule has 6 nitrogen and oxygen atoms in total. The Morgan fingerprint density at radius 2 is 1.71 bits per heavy atom. The van der Waals surface area contributed by atoms with Crippen molar-refractivity contribution in [1.82, 2.24) is 9.78 Å². The van der Waals surface area contributed by atoms with Gasteiger partial charge in [0.05, 0.1) is 18.0 Å². The maximum atomic E-state index is 13.3. The molecule has 1 aromatic heterocycles. The smallest absolute Gasteiger partial charge is 0.274 e. The molecule has 3 aromatic carbocycles. The number of nitrogens with one attached hydrogen (secondary N) is 1. The minimum Gasteiger partial charge on any atom is -0.369 e. The highest BCUT2D eigenvalue weighted by Gasteiger charge is 2.19. The number of rotatable bonds is 9. The van der Waals surface area contributed by atoms with Crippen molar-refractivity contribution < 1.29 is 9.53 Å². The first-order valence-electron chi connectivity index (χ1n) is 11.9. The first-order chi connectivity index (χ1) is 16.9. The van der Waals surface area contributed by atoms with Crippen LogP contribution in [0.25, 0.3) is 5.69 Å². The topological polar surface area (TPSA) is 82.2 Å². The fourth-order valence-electron chi connectivity index (χ4n) is 3.95. The maximum absolute atomic E-state index is 13.3. The van der Waals surface area contributed by atoms with E-state index in [1.807, 2.05) is 73.7 Å². The predicted octanol–water partition coefficient (Wildman–Crippen LogP) is 5.65. The van der Waals surface area contributed by atoms with Crippen LogP contribution in [0.1, 0.15) is 52.8 Å². The second-order valence-electron chi connectivity index (χ2n) is 9.05. The van der Waals surface area contributed by atoms with Crippen molar-refractivity contribution >= 4 is 11.6 Å². The first-order valence-corrected chi connectivity index (χ1v) is 11.9. The molecule has 0 saturated heterocycles. The molecule has 0 aliphatic carbocycles. The van der Waals surface area contributed by atoms with Crippen LogP contribution >= 0.6 is 0 Å². The largest absolute Gasteiger partial charge is 0.369 e. The number of anilines is 1. The molecule has 4 aromatic rings. The average molecular weight is 469 g/mol. The molecule has 0 aliphatic rings. The number of ether oxygens (including phenoxy) is 1. The van der Waals surface area contributed by atoms with Crippen LogP contribution in [0.3, 0.4) is 0 Å². The van der Waals surface area contributed by atoms with Gasteiger partial charge in [-0.3, -0.25) is 4.79 Å². The van der Waals surface area contributed by atoms with Gasteiger partial charge in [-0.15, -0.1) is 0 Å². The van der Waals surface area contributed by atoms with Gasteiger partial charge in [0.15, 0.2) is 0 Å². The van der Waals surface area contributed by atoms with Gasteiger partial charge in [-0.2, -0.15) is 5.10 Å². The molecule has 1 heterocycles. The molecule has 1 atom stereocenters. The summed E-state index contributed by atoms with van der Waals surface area (Å²) in [4.78, 5) is 13.3. The van der Waals surface area contributed by atoms with Gasteiger partial charge < -0.3 is 15.8 Å². The summed E-state index contributed by atoms with van der Waals surface area (Å²) >= 11 is 0. The molecule has 3 N–H and O–H groups in total. The number of aryl methyl sites for hydroxylation is 1. The maximum Gasteiger partial charge on any atom is 0.274 e. The monoisotopic (exact) mass is 468 g/mol. The Bertz CT molecular complexity index is 1280. The minimum atomic E-state index is -0.236. The van der Waals surface area contributed by atoms with Gasteiger partial charge in [-0.25, -0.2) is 4.68 Å². The quantitative estimate of drug-likeness (QED) is 0.332. The van der Waals surface area contributed by atoms with Crippen LogP contribution in [0.5, 0.6) is 0 Å². The van der Waals surface area contributed by atoms with Gasteiger partial charge in [0, 0.05) is 12.2 Å². The average Bonchev–Trinajstić information content (AvgIpc) is 3.27. The van der Waals surface area contributed by atoms with Crippen molar-refractivity contribution in [1.29, 1.82) is 0 Å². The molecule has 1 unspecified atom stereocenters. The summed E-state index contributed by atoms with van der Waals surface area (Å²) in [5.41, 5.74) is 11.5. The molecular formula is C29H32N4O2. The Hall–Kier alpha value is -3.74. The Kier molecular flexibility index (Phi) is 7.75. The Balaban J connectivity index is 1.61. The van der Waals surface area contributed by atoms with E-state index in [2.05, 4.69) is 36.4 Å². The number of hydrogen-bond donors (Lipinski definition) is 2. The van der Waals surface area contributed by atoms with Gasteiger partial charge >= 0.3 is 0 Å². The lowest BCUT2D eigenvalue weighted by Gasteiger charge is -2.21. The Labute approximate surface area is 206 Å². The molecule has 0 spiro atoms.